The lowest BCUT2D eigenvalue weighted by Crippen LogP contribution is -2.46. The minimum Gasteiger partial charge on any atom is -0.342 e. The van der Waals surface area contributed by atoms with Crippen molar-refractivity contribution in [1.29, 1.82) is 0 Å². The first-order chi connectivity index (χ1) is 17.8. The van der Waals surface area contributed by atoms with Gasteiger partial charge >= 0.3 is 6.18 Å². The molecule has 3 heterocycles. The summed E-state index contributed by atoms with van der Waals surface area (Å²) in [4.78, 5) is 21.6. The van der Waals surface area contributed by atoms with E-state index in [2.05, 4.69) is 26.7 Å². The van der Waals surface area contributed by atoms with Gasteiger partial charge in [-0.25, -0.2) is 4.98 Å². The van der Waals surface area contributed by atoms with Crippen LogP contribution in [0.5, 0.6) is 0 Å². The van der Waals surface area contributed by atoms with E-state index in [0.717, 1.165) is 65.7 Å². The van der Waals surface area contributed by atoms with Gasteiger partial charge in [-0.3, -0.25) is 9.78 Å². The Balaban J connectivity index is 1.49. The number of alkyl halides is 3. The maximum atomic E-state index is 13.4. The number of pyridine rings is 2. The normalized spacial score (nSPS) is 16.9. The number of hydrogen-bond donors (Lipinski definition) is 2. The Morgan fingerprint density at radius 2 is 1.86 bits per heavy atom. The van der Waals surface area contributed by atoms with Crippen LogP contribution in [-0.2, 0) is 6.18 Å². The number of para-hydroxylation sites is 1. The lowest BCUT2D eigenvalue weighted by molar-refractivity contribution is -0.137. The maximum Gasteiger partial charge on any atom is 0.417 e. The molecular formula is C28H24ClF3N4O. The summed E-state index contributed by atoms with van der Waals surface area (Å²) >= 11 is 5.99. The summed E-state index contributed by atoms with van der Waals surface area (Å²) in [5.74, 6) is -0.758. The van der Waals surface area contributed by atoms with Crippen molar-refractivity contribution < 1.29 is 18.0 Å². The van der Waals surface area contributed by atoms with Crippen LogP contribution in [0.15, 0.2) is 73.1 Å². The third-order valence-corrected chi connectivity index (χ3v) is 7.00. The maximum absolute atomic E-state index is 13.4. The van der Waals surface area contributed by atoms with Gasteiger partial charge in [-0.1, -0.05) is 54.4 Å². The molecule has 2 N–H and O–H groups in total. The topological polar surface area (TPSA) is 66.9 Å². The van der Waals surface area contributed by atoms with Crippen LogP contribution in [-0.4, -0.2) is 28.5 Å². The van der Waals surface area contributed by atoms with Crippen LogP contribution in [0.25, 0.3) is 22.0 Å². The number of nitrogens with one attached hydrogen (secondary N) is 2. The Morgan fingerprint density at radius 1 is 1.03 bits per heavy atom. The fourth-order valence-corrected chi connectivity index (χ4v) is 5.06. The van der Waals surface area contributed by atoms with Crippen molar-refractivity contribution in [3.63, 3.8) is 0 Å². The van der Waals surface area contributed by atoms with E-state index in [1.807, 2.05) is 48.5 Å². The van der Waals surface area contributed by atoms with E-state index in [1.54, 1.807) is 6.20 Å². The number of fused-ring (bicyclic) bond motifs is 1. The molecule has 1 unspecified atom stereocenters. The van der Waals surface area contributed by atoms with Crippen molar-refractivity contribution in [2.45, 2.75) is 37.5 Å². The number of hydrogen-bond acceptors (Lipinski definition) is 4. The third kappa shape index (κ3) is 5.45. The number of carbonyl (C=O) groups excluding carboxylic acids is 1. The number of halogens is 4. The molecule has 5 nitrogen and oxygen atoms in total. The number of piperidine rings is 1. The molecule has 1 fully saturated rings. The van der Waals surface area contributed by atoms with Crippen molar-refractivity contribution in [3.05, 3.63) is 94.9 Å². The van der Waals surface area contributed by atoms with Gasteiger partial charge < -0.3 is 10.6 Å². The standard InChI is InChI=1S/C28H24ClF3N4O/c29-24-21(28(30,31)32)11-13-34-26(24)27(37)36-25(23-10-3-4-12-33-23)19-8-5-7-17(14-19)20-15-18-6-1-2-9-22(18)35-16-20/h1-2,5-9,11,13-16,23,25,33H,3-4,10,12H2,(H,36,37)/t23-,25?/m0/s1. The van der Waals surface area contributed by atoms with Crippen LogP contribution in [0.1, 0.15) is 46.9 Å². The Labute approximate surface area is 217 Å². The summed E-state index contributed by atoms with van der Waals surface area (Å²) < 4.78 is 40.1. The molecule has 2 atom stereocenters. The quantitative estimate of drug-likeness (QED) is 0.309. The molecule has 190 valence electrons. The monoisotopic (exact) mass is 524 g/mol. The highest BCUT2D eigenvalue weighted by molar-refractivity contribution is 6.34. The zero-order valence-corrected chi connectivity index (χ0v) is 20.5. The predicted octanol–water partition coefficient (Wildman–Crippen LogP) is 6.58. The van der Waals surface area contributed by atoms with E-state index in [-0.39, 0.29) is 6.04 Å². The SMILES string of the molecule is O=C(NC(c1cccc(-c2cnc3ccccc3c2)c1)[C@@H]1CCCCN1)c1nccc(C(F)(F)F)c1Cl. The van der Waals surface area contributed by atoms with E-state index >= 15 is 0 Å². The lowest BCUT2D eigenvalue weighted by atomic mass is 9.90. The zero-order chi connectivity index (χ0) is 26.0. The van der Waals surface area contributed by atoms with Crippen molar-refractivity contribution in [2.24, 2.45) is 0 Å². The second-order valence-corrected chi connectivity index (χ2v) is 9.45. The molecule has 2 aromatic carbocycles. The van der Waals surface area contributed by atoms with Crippen molar-refractivity contribution in [2.75, 3.05) is 6.54 Å². The predicted molar refractivity (Wildman–Crippen MR) is 137 cm³/mol. The summed E-state index contributed by atoms with van der Waals surface area (Å²) in [5, 5.41) is 6.66. The van der Waals surface area contributed by atoms with E-state index in [1.165, 1.54) is 0 Å². The number of aromatic nitrogens is 2. The van der Waals surface area contributed by atoms with Gasteiger partial charge in [-0.15, -0.1) is 0 Å². The number of rotatable bonds is 5. The van der Waals surface area contributed by atoms with Crippen LogP contribution in [0, 0.1) is 0 Å². The van der Waals surface area contributed by atoms with Crippen LogP contribution in [0.4, 0.5) is 13.2 Å². The Morgan fingerprint density at radius 3 is 2.65 bits per heavy atom. The fourth-order valence-electron chi connectivity index (χ4n) is 4.75. The average molecular weight is 525 g/mol. The molecule has 4 aromatic rings. The van der Waals surface area contributed by atoms with Gasteiger partial charge in [-0.2, -0.15) is 13.2 Å². The zero-order valence-electron chi connectivity index (χ0n) is 19.7. The highest BCUT2D eigenvalue weighted by Gasteiger charge is 2.36. The van der Waals surface area contributed by atoms with Gasteiger partial charge in [-0.05, 0) is 54.8 Å². The highest BCUT2D eigenvalue weighted by atomic mass is 35.5. The summed E-state index contributed by atoms with van der Waals surface area (Å²) in [5.41, 5.74) is 2.01. The van der Waals surface area contributed by atoms with Gasteiger partial charge in [0.25, 0.3) is 5.91 Å². The fraction of sp³-hybridized carbons (Fsp3) is 0.250. The molecule has 1 aliphatic heterocycles. The van der Waals surface area contributed by atoms with Crippen molar-refractivity contribution in [1.82, 2.24) is 20.6 Å². The first-order valence-electron chi connectivity index (χ1n) is 12.0. The number of nitrogens with zero attached hydrogens (tertiary/aromatic N) is 2. The van der Waals surface area contributed by atoms with Crippen LogP contribution < -0.4 is 10.6 Å². The molecule has 1 aliphatic rings. The molecule has 2 aromatic heterocycles. The Hall–Kier alpha value is -3.49. The van der Waals surface area contributed by atoms with Gasteiger partial charge in [0.15, 0.2) is 0 Å². The van der Waals surface area contributed by atoms with Gasteiger partial charge in [0.05, 0.1) is 22.1 Å². The third-order valence-electron chi connectivity index (χ3n) is 6.62. The molecule has 1 saturated heterocycles. The summed E-state index contributed by atoms with van der Waals surface area (Å²) in [6.07, 6.45) is 0.852. The Bertz CT molecular complexity index is 1440. The molecule has 0 aliphatic carbocycles. The Kier molecular flexibility index (Phi) is 7.13. The van der Waals surface area contributed by atoms with E-state index in [0.29, 0.717) is 0 Å². The largest absolute Gasteiger partial charge is 0.417 e. The minimum atomic E-state index is -4.69. The highest BCUT2D eigenvalue weighted by Crippen LogP contribution is 2.36. The van der Waals surface area contributed by atoms with E-state index < -0.39 is 34.4 Å². The molecule has 5 rings (SSSR count). The van der Waals surface area contributed by atoms with Crippen LogP contribution >= 0.6 is 11.6 Å². The number of amides is 1. The van der Waals surface area contributed by atoms with Crippen LogP contribution in [0.2, 0.25) is 5.02 Å². The first kappa shape index (κ1) is 25.2. The lowest BCUT2D eigenvalue weighted by Gasteiger charge is -2.32. The smallest absolute Gasteiger partial charge is 0.342 e. The number of benzene rings is 2. The molecule has 9 heteroatoms. The van der Waals surface area contributed by atoms with E-state index in [4.69, 9.17) is 11.6 Å². The molecule has 0 spiro atoms. The second-order valence-electron chi connectivity index (χ2n) is 9.07. The minimum absolute atomic E-state index is 0.104. The molecule has 0 saturated carbocycles. The van der Waals surface area contributed by atoms with Crippen molar-refractivity contribution >= 4 is 28.4 Å². The second kappa shape index (κ2) is 10.5. The summed E-state index contributed by atoms with van der Waals surface area (Å²) in [7, 11) is 0. The van der Waals surface area contributed by atoms with Gasteiger partial charge in [0.1, 0.15) is 5.69 Å². The summed E-state index contributed by atoms with van der Waals surface area (Å²) in [6.45, 7) is 0.786. The molecule has 0 bridgehead atoms. The average Bonchev–Trinajstić information content (AvgIpc) is 2.91. The van der Waals surface area contributed by atoms with E-state index in [9.17, 15) is 18.0 Å². The van der Waals surface area contributed by atoms with Crippen molar-refractivity contribution in [3.8, 4) is 11.1 Å². The molecule has 37 heavy (non-hydrogen) atoms. The molecule has 0 radical (unpaired) electrons. The molecular weight excluding hydrogens is 501 g/mol. The first-order valence-corrected chi connectivity index (χ1v) is 12.4. The number of carbonyl (C=O) groups is 1. The summed E-state index contributed by atoms with van der Waals surface area (Å²) in [6, 6.07) is 17.8. The molecule has 1 amide bonds. The van der Waals surface area contributed by atoms with Gasteiger partial charge in [0, 0.05) is 29.4 Å². The van der Waals surface area contributed by atoms with Gasteiger partial charge in [0.2, 0.25) is 0 Å². The van der Waals surface area contributed by atoms with Crippen LogP contribution in [0.3, 0.4) is 0 Å².